The van der Waals surface area contributed by atoms with E-state index in [4.69, 9.17) is 14.2 Å². The summed E-state index contributed by atoms with van der Waals surface area (Å²) in [5, 5.41) is 0. The van der Waals surface area contributed by atoms with Crippen molar-refractivity contribution in [3.05, 3.63) is 0 Å². The molecule has 6 nitrogen and oxygen atoms in total. The smallest absolute Gasteiger partial charge is 0.306 e. The molecular formula is C53H102O6. The van der Waals surface area contributed by atoms with Crippen molar-refractivity contribution in [3.8, 4) is 0 Å². The Hall–Kier alpha value is -1.59. The van der Waals surface area contributed by atoms with Crippen LogP contribution in [-0.2, 0) is 28.6 Å². The zero-order chi connectivity index (χ0) is 43.4. The molecule has 0 N–H and O–H groups in total. The molecule has 0 aliphatic heterocycles. The quantitative estimate of drug-likeness (QED) is 0.0345. The fourth-order valence-electron chi connectivity index (χ4n) is 7.91. The van der Waals surface area contributed by atoms with Crippen molar-refractivity contribution in [2.45, 2.75) is 292 Å². The van der Waals surface area contributed by atoms with Crippen LogP contribution in [0.5, 0.6) is 0 Å². The molecule has 0 aromatic carbocycles. The predicted molar refractivity (Wildman–Crippen MR) is 252 cm³/mol. The van der Waals surface area contributed by atoms with E-state index in [0.29, 0.717) is 19.3 Å². The van der Waals surface area contributed by atoms with Gasteiger partial charge in [0, 0.05) is 19.3 Å². The monoisotopic (exact) mass is 835 g/mol. The largest absolute Gasteiger partial charge is 0.462 e. The van der Waals surface area contributed by atoms with Gasteiger partial charge in [-0.05, 0) is 37.0 Å². The van der Waals surface area contributed by atoms with Gasteiger partial charge in [0.25, 0.3) is 0 Å². The summed E-state index contributed by atoms with van der Waals surface area (Å²) in [6.07, 6.45) is 43.8. The molecule has 2 atom stereocenters. The van der Waals surface area contributed by atoms with E-state index in [2.05, 4.69) is 41.5 Å². The van der Waals surface area contributed by atoms with Gasteiger partial charge in [-0.2, -0.15) is 0 Å². The zero-order valence-electron chi connectivity index (χ0n) is 40.5. The molecule has 0 aromatic rings. The van der Waals surface area contributed by atoms with Gasteiger partial charge in [-0.3, -0.25) is 14.4 Å². The summed E-state index contributed by atoms with van der Waals surface area (Å²) in [5.74, 6) is 1.62. The third-order valence-electron chi connectivity index (χ3n) is 12.3. The zero-order valence-corrected chi connectivity index (χ0v) is 40.5. The van der Waals surface area contributed by atoms with Crippen molar-refractivity contribution in [3.63, 3.8) is 0 Å². The van der Waals surface area contributed by atoms with Gasteiger partial charge < -0.3 is 14.2 Å². The van der Waals surface area contributed by atoms with Crippen LogP contribution >= 0.6 is 0 Å². The number of rotatable bonds is 46. The number of hydrogen-bond acceptors (Lipinski definition) is 6. The summed E-state index contributed by atoms with van der Waals surface area (Å²) in [5.41, 5.74) is 0. The molecule has 0 bridgehead atoms. The molecule has 0 amide bonds. The first-order valence-electron chi connectivity index (χ1n) is 26.1. The van der Waals surface area contributed by atoms with Gasteiger partial charge in [0.1, 0.15) is 13.2 Å². The minimum Gasteiger partial charge on any atom is -0.462 e. The highest BCUT2D eigenvalue weighted by molar-refractivity contribution is 5.71. The number of hydrogen-bond donors (Lipinski definition) is 0. The van der Waals surface area contributed by atoms with Gasteiger partial charge >= 0.3 is 17.9 Å². The topological polar surface area (TPSA) is 78.9 Å². The predicted octanol–water partition coefficient (Wildman–Crippen LogP) is 16.8. The van der Waals surface area contributed by atoms with E-state index in [0.717, 1.165) is 75.5 Å². The molecular weight excluding hydrogens is 733 g/mol. The van der Waals surface area contributed by atoms with E-state index in [1.54, 1.807) is 0 Å². The molecule has 0 radical (unpaired) electrons. The Kier molecular flexibility index (Phi) is 43.3. The Balaban J connectivity index is 4.26. The van der Waals surface area contributed by atoms with Crippen LogP contribution in [-0.4, -0.2) is 37.2 Å². The Morgan fingerprint density at radius 1 is 0.339 bits per heavy atom. The summed E-state index contributed by atoms with van der Waals surface area (Å²) >= 11 is 0. The van der Waals surface area contributed by atoms with E-state index in [-0.39, 0.29) is 31.1 Å². The molecule has 0 saturated carbocycles. The number of carbonyl (C=O) groups is 3. The summed E-state index contributed by atoms with van der Waals surface area (Å²) in [6, 6.07) is 0. The Bertz CT molecular complexity index is 916. The van der Waals surface area contributed by atoms with Gasteiger partial charge in [-0.15, -0.1) is 0 Å². The molecule has 0 rings (SSSR count). The van der Waals surface area contributed by atoms with Crippen molar-refractivity contribution in [2.75, 3.05) is 13.2 Å². The average molecular weight is 835 g/mol. The fraction of sp³-hybridized carbons (Fsp3) is 0.943. The number of unbranched alkanes of at least 4 members (excludes halogenated alkanes) is 28. The Morgan fingerprint density at radius 3 is 0.881 bits per heavy atom. The maximum Gasteiger partial charge on any atom is 0.306 e. The molecule has 0 saturated heterocycles. The van der Waals surface area contributed by atoms with E-state index in [1.807, 2.05) is 0 Å². The standard InChI is InChI=1S/C53H102O6/c1-7-49(6)41-35-29-25-26-32-38-44-53(56)59-50(46-58-52(55)43-37-31-24-20-16-15-18-22-28-34-40-48(4)5)45-57-51(54)42-36-30-23-19-14-12-10-8-9-11-13-17-21-27-33-39-47(2)3/h47-50H,7-46H2,1-6H3/t49?,50-/m1/s1. The molecule has 59 heavy (non-hydrogen) atoms. The minimum atomic E-state index is -0.763. The molecule has 0 heterocycles. The van der Waals surface area contributed by atoms with Crippen LogP contribution in [0.1, 0.15) is 286 Å². The lowest BCUT2D eigenvalue weighted by Crippen LogP contribution is -2.30. The molecule has 0 fully saturated rings. The lowest BCUT2D eigenvalue weighted by molar-refractivity contribution is -0.167. The summed E-state index contributed by atoms with van der Waals surface area (Å²) in [6.45, 7) is 13.7. The minimum absolute atomic E-state index is 0.0654. The molecule has 350 valence electrons. The highest BCUT2D eigenvalue weighted by Gasteiger charge is 2.19. The average Bonchev–Trinajstić information content (AvgIpc) is 3.20. The van der Waals surface area contributed by atoms with Crippen LogP contribution in [0.15, 0.2) is 0 Å². The van der Waals surface area contributed by atoms with Gasteiger partial charge in [-0.1, -0.05) is 247 Å². The highest BCUT2D eigenvalue weighted by atomic mass is 16.6. The van der Waals surface area contributed by atoms with Crippen LogP contribution < -0.4 is 0 Å². The highest BCUT2D eigenvalue weighted by Crippen LogP contribution is 2.18. The first-order chi connectivity index (χ1) is 28.6. The van der Waals surface area contributed by atoms with E-state index >= 15 is 0 Å². The van der Waals surface area contributed by atoms with Gasteiger partial charge in [0.05, 0.1) is 0 Å². The maximum absolute atomic E-state index is 12.7. The van der Waals surface area contributed by atoms with E-state index < -0.39 is 6.10 Å². The van der Waals surface area contributed by atoms with Gasteiger partial charge in [0.15, 0.2) is 6.10 Å². The third kappa shape index (κ3) is 45.8. The second-order valence-electron chi connectivity index (χ2n) is 19.4. The lowest BCUT2D eigenvalue weighted by atomic mass is 10.00. The molecule has 0 aromatic heterocycles. The van der Waals surface area contributed by atoms with E-state index in [9.17, 15) is 14.4 Å². The van der Waals surface area contributed by atoms with Gasteiger partial charge in [0.2, 0.25) is 0 Å². The summed E-state index contributed by atoms with van der Waals surface area (Å²) in [7, 11) is 0. The Morgan fingerprint density at radius 2 is 0.593 bits per heavy atom. The SMILES string of the molecule is CCC(C)CCCCCCCCC(=O)O[C@H](COC(=O)CCCCCCCCCCCCCCCCCC(C)C)COC(=O)CCCCCCCCCCCCC(C)C. The Labute approximate surface area is 368 Å². The van der Waals surface area contributed by atoms with Crippen LogP contribution in [0.25, 0.3) is 0 Å². The fourth-order valence-corrected chi connectivity index (χ4v) is 7.91. The summed E-state index contributed by atoms with van der Waals surface area (Å²) in [4.78, 5) is 37.9. The number of ether oxygens (including phenoxy) is 3. The molecule has 6 heteroatoms. The van der Waals surface area contributed by atoms with Crippen LogP contribution in [0, 0.1) is 17.8 Å². The maximum atomic E-state index is 12.7. The normalized spacial score (nSPS) is 12.6. The second kappa shape index (κ2) is 44.5. The molecule has 0 aliphatic carbocycles. The lowest BCUT2D eigenvalue weighted by Gasteiger charge is -2.18. The molecule has 0 spiro atoms. The number of carbonyl (C=O) groups excluding carboxylic acids is 3. The first-order valence-corrected chi connectivity index (χ1v) is 26.1. The summed E-state index contributed by atoms with van der Waals surface area (Å²) < 4.78 is 16.8. The van der Waals surface area contributed by atoms with Gasteiger partial charge in [-0.25, -0.2) is 0 Å². The van der Waals surface area contributed by atoms with Crippen molar-refractivity contribution in [2.24, 2.45) is 17.8 Å². The first kappa shape index (κ1) is 57.4. The van der Waals surface area contributed by atoms with E-state index in [1.165, 1.54) is 167 Å². The second-order valence-corrected chi connectivity index (χ2v) is 19.4. The van der Waals surface area contributed by atoms with Crippen molar-refractivity contribution >= 4 is 17.9 Å². The van der Waals surface area contributed by atoms with Crippen LogP contribution in [0.4, 0.5) is 0 Å². The molecule has 1 unspecified atom stereocenters. The number of esters is 3. The van der Waals surface area contributed by atoms with Crippen LogP contribution in [0.2, 0.25) is 0 Å². The third-order valence-corrected chi connectivity index (χ3v) is 12.3. The molecule has 0 aliphatic rings. The van der Waals surface area contributed by atoms with Crippen molar-refractivity contribution < 1.29 is 28.6 Å². The van der Waals surface area contributed by atoms with Crippen molar-refractivity contribution in [1.29, 1.82) is 0 Å². The van der Waals surface area contributed by atoms with Crippen molar-refractivity contribution in [1.82, 2.24) is 0 Å². The van der Waals surface area contributed by atoms with Crippen LogP contribution in [0.3, 0.4) is 0 Å².